The van der Waals surface area contributed by atoms with Crippen molar-refractivity contribution in [2.45, 2.75) is 38.1 Å². The van der Waals surface area contributed by atoms with Crippen LogP contribution in [0.4, 0.5) is 0 Å². The summed E-state index contributed by atoms with van der Waals surface area (Å²) in [6, 6.07) is 10.4. The molecule has 5 nitrogen and oxygen atoms in total. The third-order valence-electron chi connectivity index (χ3n) is 4.11. The van der Waals surface area contributed by atoms with E-state index in [0.717, 1.165) is 37.3 Å². The molecule has 1 amide bonds. The Morgan fingerprint density at radius 1 is 1.35 bits per heavy atom. The van der Waals surface area contributed by atoms with Crippen molar-refractivity contribution in [2.75, 3.05) is 13.1 Å². The van der Waals surface area contributed by atoms with E-state index in [-0.39, 0.29) is 5.91 Å². The van der Waals surface area contributed by atoms with Crippen LogP contribution in [-0.4, -0.2) is 30.0 Å². The molecule has 0 saturated carbocycles. The molecular weight excluding hydrogens is 290 g/mol. The predicted octanol–water partition coefficient (Wildman–Crippen LogP) is 2.53. The molecule has 2 aromatic rings. The van der Waals surface area contributed by atoms with E-state index in [1.807, 2.05) is 30.3 Å². The highest BCUT2D eigenvalue weighted by Crippen LogP contribution is 2.20. The minimum Gasteiger partial charge on any atom is -0.441 e. The van der Waals surface area contributed by atoms with Crippen molar-refractivity contribution in [3.05, 3.63) is 42.4 Å². The number of carbonyl (C=O) groups is 1. The van der Waals surface area contributed by atoms with Gasteiger partial charge < -0.3 is 15.1 Å². The van der Waals surface area contributed by atoms with Crippen LogP contribution in [0.5, 0.6) is 0 Å². The fourth-order valence-corrected chi connectivity index (χ4v) is 2.82. The lowest BCUT2D eigenvalue weighted by molar-refractivity contribution is -0.121. The number of hydrogen-bond donors (Lipinski definition) is 2. The molecule has 23 heavy (non-hydrogen) atoms. The summed E-state index contributed by atoms with van der Waals surface area (Å²) in [4.78, 5) is 16.1. The quantitative estimate of drug-likeness (QED) is 0.824. The van der Waals surface area contributed by atoms with E-state index in [1.165, 1.54) is 6.42 Å². The van der Waals surface area contributed by atoms with Gasteiger partial charge in [0, 0.05) is 31.0 Å². The Hall–Kier alpha value is -2.14. The normalized spacial score (nSPS) is 17.3. The van der Waals surface area contributed by atoms with Crippen molar-refractivity contribution in [3.63, 3.8) is 0 Å². The Kier molecular flexibility index (Phi) is 5.42. The minimum atomic E-state index is 0.105. The molecule has 1 saturated heterocycles. The molecule has 1 atom stereocenters. The Morgan fingerprint density at radius 3 is 3.00 bits per heavy atom. The largest absolute Gasteiger partial charge is 0.441 e. The summed E-state index contributed by atoms with van der Waals surface area (Å²) >= 11 is 0. The van der Waals surface area contributed by atoms with E-state index < -0.39 is 0 Å². The van der Waals surface area contributed by atoms with Crippen LogP contribution in [0.2, 0.25) is 0 Å². The number of amides is 1. The highest BCUT2D eigenvalue weighted by atomic mass is 16.4. The molecule has 1 aliphatic heterocycles. The maximum atomic E-state index is 11.8. The monoisotopic (exact) mass is 313 g/mol. The average Bonchev–Trinajstić information content (AvgIpc) is 3.26. The lowest BCUT2D eigenvalue weighted by Crippen LogP contribution is -2.37. The van der Waals surface area contributed by atoms with Crippen molar-refractivity contribution in [1.82, 2.24) is 15.6 Å². The molecule has 3 rings (SSSR count). The van der Waals surface area contributed by atoms with Crippen LogP contribution < -0.4 is 10.6 Å². The van der Waals surface area contributed by atoms with Crippen LogP contribution >= 0.6 is 0 Å². The number of aromatic nitrogens is 1. The number of hydrogen-bond acceptors (Lipinski definition) is 4. The average molecular weight is 313 g/mol. The molecule has 0 aliphatic carbocycles. The molecular formula is C18H23N3O2. The Bertz CT molecular complexity index is 618. The third kappa shape index (κ3) is 4.66. The van der Waals surface area contributed by atoms with Crippen molar-refractivity contribution in [2.24, 2.45) is 0 Å². The lowest BCUT2D eigenvalue weighted by Gasteiger charge is -2.11. The van der Waals surface area contributed by atoms with Gasteiger partial charge in [0.25, 0.3) is 0 Å². The third-order valence-corrected chi connectivity index (χ3v) is 4.11. The smallest absolute Gasteiger partial charge is 0.220 e. The van der Waals surface area contributed by atoms with Gasteiger partial charge in [0.1, 0.15) is 0 Å². The molecule has 0 radical (unpaired) electrons. The van der Waals surface area contributed by atoms with E-state index in [9.17, 15) is 4.79 Å². The summed E-state index contributed by atoms with van der Waals surface area (Å²) < 4.78 is 5.74. The number of nitrogens with one attached hydrogen (secondary N) is 2. The van der Waals surface area contributed by atoms with Crippen LogP contribution in [0.15, 0.2) is 40.9 Å². The van der Waals surface area contributed by atoms with Gasteiger partial charge in [-0.1, -0.05) is 30.3 Å². The Labute approximate surface area is 136 Å². The molecule has 1 aliphatic rings. The van der Waals surface area contributed by atoms with E-state index in [2.05, 4.69) is 15.6 Å². The number of benzene rings is 1. The summed E-state index contributed by atoms with van der Waals surface area (Å²) in [6.45, 7) is 1.80. The van der Waals surface area contributed by atoms with Gasteiger partial charge in [-0.3, -0.25) is 4.79 Å². The van der Waals surface area contributed by atoms with E-state index in [0.29, 0.717) is 24.8 Å². The van der Waals surface area contributed by atoms with Gasteiger partial charge in [0.2, 0.25) is 5.91 Å². The van der Waals surface area contributed by atoms with Gasteiger partial charge in [-0.25, -0.2) is 4.98 Å². The molecule has 0 spiro atoms. The maximum absolute atomic E-state index is 11.8. The lowest BCUT2D eigenvalue weighted by atomic mass is 10.2. The van der Waals surface area contributed by atoms with Crippen molar-refractivity contribution < 1.29 is 9.21 Å². The van der Waals surface area contributed by atoms with Crippen LogP contribution in [0.3, 0.4) is 0 Å². The van der Waals surface area contributed by atoms with Crippen molar-refractivity contribution in [1.29, 1.82) is 0 Å². The van der Waals surface area contributed by atoms with Gasteiger partial charge in [0.15, 0.2) is 11.7 Å². The first-order chi connectivity index (χ1) is 11.3. The molecule has 5 heteroatoms. The van der Waals surface area contributed by atoms with Gasteiger partial charge in [-0.2, -0.15) is 0 Å². The second-order valence-corrected chi connectivity index (χ2v) is 5.94. The first-order valence-corrected chi connectivity index (χ1v) is 8.31. The molecule has 2 N–H and O–H groups in total. The van der Waals surface area contributed by atoms with Gasteiger partial charge in [0.05, 0.1) is 6.20 Å². The van der Waals surface area contributed by atoms with Crippen molar-refractivity contribution >= 4 is 5.91 Å². The van der Waals surface area contributed by atoms with Crippen LogP contribution in [0, 0.1) is 0 Å². The number of rotatable bonds is 7. The molecule has 1 aromatic carbocycles. The number of oxazole rings is 1. The zero-order chi connectivity index (χ0) is 15.9. The van der Waals surface area contributed by atoms with E-state index in [1.54, 1.807) is 6.20 Å². The highest BCUT2D eigenvalue weighted by Gasteiger charge is 2.14. The van der Waals surface area contributed by atoms with Gasteiger partial charge in [-0.15, -0.1) is 0 Å². The standard InChI is InChI=1S/C18H23N3O2/c22-17(20-12-15-8-5-11-19-15)9-4-10-18-21-13-16(23-18)14-6-2-1-3-7-14/h1-3,6-7,13,15,19H,4-5,8-12H2,(H,20,22). The maximum Gasteiger partial charge on any atom is 0.220 e. The first-order valence-electron chi connectivity index (χ1n) is 8.31. The Balaban J connectivity index is 1.39. The summed E-state index contributed by atoms with van der Waals surface area (Å²) in [5.74, 6) is 1.57. The summed E-state index contributed by atoms with van der Waals surface area (Å²) in [5, 5.41) is 6.36. The number of nitrogens with zero attached hydrogens (tertiary/aromatic N) is 1. The van der Waals surface area contributed by atoms with Gasteiger partial charge >= 0.3 is 0 Å². The first kappa shape index (κ1) is 15.7. The summed E-state index contributed by atoms with van der Waals surface area (Å²) in [6.07, 6.45) is 6.04. The van der Waals surface area contributed by atoms with Crippen molar-refractivity contribution in [3.8, 4) is 11.3 Å². The van der Waals surface area contributed by atoms with E-state index in [4.69, 9.17) is 4.42 Å². The molecule has 1 unspecified atom stereocenters. The fourth-order valence-electron chi connectivity index (χ4n) is 2.82. The second kappa shape index (κ2) is 7.92. The SMILES string of the molecule is O=C(CCCc1ncc(-c2ccccc2)o1)NCC1CCCN1. The second-order valence-electron chi connectivity index (χ2n) is 5.94. The topological polar surface area (TPSA) is 67.2 Å². The van der Waals surface area contributed by atoms with Crippen LogP contribution in [-0.2, 0) is 11.2 Å². The summed E-state index contributed by atoms with van der Waals surface area (Å²) in [5.41, 5.74) is 1.02. The van der Waals surface area contributed by atoms with Crippen LogP contribution in [0.1, 0.15) is 31.6 Å². The predicted molar refractivity (Wildman–Crippen MR) is 88.9 cm³/mol. The minimum absolute atomic E-state index is 0.105. The molecule has 2 heterocycles. The molecule has 1 aromatic heterocycles. The molecule has 122 valence electrons. The van der Waals surface area contributed by atoms with E-state index >= 15 is 0 Å². The fraction of sp³-hybridized carbons (Fsp3) is 0.444. The highest BCUT2D eigenvalue weighted by molar-refractivity contribution is 5.75. The zero-order valence-electron chi connectivity index (χ0n) is 13.3. The molecule has 0 bridgehead atoms. The number of aryl methyl sites for hydroxylation is 1. The van der Waals surface area contributed by atoms with Crippen LogP contribution in [0.25, 0.3) is 11.3 Å². The Morgan fingerprint density at radius 2 is 2.22 bits per heavy atom. The number of carbonyl (C=O) groups excluding carboxylic acids is 1. The summed E-state index contributed by atoms with van der Waals surface area (Å²) in [7, 11) is 0. The molecule has 1 fully saturated rings. The van der Waals surface area contributed by atoms with Gasteiger partial charge in [-0.05, 0) is 25.8 Å². The zero-order valence-corrected chi connectivity index (χ0v) is 13.3.